The summed E-state index contributed by atoms with van der Waals surface area (Å²) in [5.74, 6) is -0.0717. The zero-order valence-corrected chi connectivity index (χ0v) is 31.1. The molecule has 0 spiro atoms. The molecule has 0 bridgehead atoms. The SMILES string of the molecule is CCCCCCCCCCCCCC=C[C@H](O)[C@@H](CO)NC(=O)CCCCCCCC=CCCCCCCCCCCCCCC. The average Bonchev–Trinajstić information content (AvgIpc) is 3.06. The maximum absolute atomic E-state index is 12.3. The summed E-state index contributed by atoms with van der Waals surface area (Å²) in [7, 11) is 0. The smallest absolute Gasteiger partial charge is 0.220 e. The Labute approximate surface area is 288 Å². The minimum Gasteiger partial charge on any atom is -0.394 e. The van der Waals surface area contributed by atoms with Gasteiger partial charge in [0.1, 0.15) is 0 Å². The van der Waals surface area contributed by atoms with Crippen LogP contribution in [-0.4, -0.2) is 34.9 Å². The number of hydrogen-bond acceptors (Lipinski definition) is 3. The topological polar surface area (TPSA) is 69.6 Å². The Bertz CT molecular complexity index is 661. The molecule has 0 radical (unpaired) electrons. The Balaban J connectivity index is 3.57. The number of rotatable bonds is 37. The molecule has 0 aromatic heterocycles. The van der Waals surface area contributed by atoms with Crippen molar-refractivity contribution in [1.29, 1.82) is 0 Å². The predicted molar refractivity (Wildman–Crippen MR) is 202 cm³/mol. The summed E-state index contributed by atoms with van der Waals surface area (Å²) in [6.45, 7) is 4.30. The van der Waals surface area contributed by atoms with Gasteiger partial charge in [0.2, 0.25) is 5.91 Å². The first kappa shape index (κ1) is 44.9. The largest absolute Gasteiger partial charge is 0.394 e. The van der Waals surface area contributed by atoms with Gasteiger partial charge in [-0.25, -0.2) is 0 Å². The van der Waals surface area contributed by atoms with Crippen molar-refractivity contribution in [3.63, 3.8) is 0 Å². The van der Waals surface area contributed by atoms with Gasteiger partial charge in [-0.1, -0.05) is 192 Å². The van der Waals surface area contributed by atoms with Crippen molar-refractivity contribution in [2.24, 2.45) is 0 Å². The Morgan fingerprint density at radius 2 is 0.826 bits per heavy atom. The van der Waals surface area contributed by atoms with Gasteiger partial charge in [0.05, 0.1) is 18.8 Å². The summed E-state index contributed by atoms with van der Waals surface area (Å²) in [6.07, 6.45) is 48.5. The molecule has 0 aliphatic carbocycles. The maximum Gasteiger partial charge on any atom is 0.220 e. The zero-order valence-electron chi connectivity index (χ0n) is 31.1. The van der Waals surface area contributed by atoms with E-state index in [1.165, 1.54) is 167 Å². The van der Waals surface area contributed by atoms with E-state index in [4.69, 9.17) is 0 Å². The van der Waals surface area contributed by atoms with E-state index in [2.05, 4.69) is 31.3 Å². The van der Waals surface area contributed by atoms with E-state index in [9.17, 15) is 15.0 Å². The van der Waals surface area contributed by atoms with E-state index >= 15 is 0 Å². The van der Waals surface area contributed by atoms with Crippen molar-refractivity contribution in [3.8, 4) is 0 Å². The summed E-state index contributed by atoms with van der Waals surface area (Å²) in [6, 6.07) is -0.622. The predicted octanol–water partition coefficient (Wildman–Crippen LogP) is 12.5. The molecular formula is C42H81NO3. The van der Waals surface area contributed by atoms with Gasteiger partial charge in [-0.15, -0.1) is 0 Å². The third-order valence-corrected chi connectivity index (χ3v) is 9.43. The fourth-order valence-electron chi connectivity index (χ4n) is 6.23. The molecule has 0 fully saturated rings. The van der Waals surface area contributed by atoms with Crippen molar-refractivity contribution < 1.29 is 15.0 Å². The first-order valence-corrected chi connectivity index (χ1v) is 20.6. The van der Waals surface area contributed by atoms with Crippen LogP contribution >= 0.6 is 0 Å². The Morgan fingerprint density at radius 1 is 0.500 bits per heavy atom. The Kier molecular flexibility index (Phi) is 37.4. The molecule has 0 saturated carbocycles. The van der Waals surface area contributed by atoms with E-state index in [1.807, 2.05) is 6.08 Å². The standard InChI is InChI=1S/C42H81NO3/c1-3-5-7-9-11-13-15-17-18-19-20-21-22-23-24-26-28-30-32-34-36-38-42(46)43-40(39-44)41(45)37-35-33-31-29-27-25-16-14-12-10-8-6-4-2/h23-24,35,37,40-41,44-45H,3-22,25-34,36,38-39H2,1-2H3,(H,43,46)/t40-,41+/m1/s1. The molecule has 2 atom stereocenters. The Morgan fingerprint density at radius 3 is 1.20 bits per heavy atom. The number of carbonyl (C=O) groups is 1. The van der Waals surface area contributed by atoms with Crippen molar-refractivity contribution in [3.05, 3.63) is 24.3 Å². The number of aliphatic hydroxyl groups is 2. The van der Waals surface area contributed by atoms with Gasteiger partial charge < -0.3 is 15.5 Å². The molecule has 0 unspecified atom stereocenters. The average molecular weight is 648 g/mol. The molecule has 0 saturated heterocycles. The summed E-state index contributed by atoms with van der Waals surface area (Å²) in [5, 5.41) is 22.9. The molecule has 0 aliphatic rings. The fourth-order valence-corrected chi connectivity index (χ4v) is 6.23. The molecule has 3 N–H and O–H groups in total. The third-order valence-electron chi connectivity index (χ3n) is 9.43. The molecule has 0 rings (SSSR count). The Hall–Kier alpha value is -1.13. The summed E-state index contributed by atoms with van der Waals surface area (Å²) in [4.78, 5) is 12.3. The van der Waals surface area contributed by atoms with Crippen molar-refractivity contribution >= 4 is 5.91 Å². The van der Waals surface area contributed by atoms with Crippen molar-refractivity contribution in [2.75, 3.05) is 6.61 Å². The van der Waals surface area contributed by atoms with Crippen LogP contribution in [0, 0.1) is 0 Å². The van der Waals surface area contributed by atoms with Crippen molar-refractivity contribution in [1.82, 2.24) is 5.32 Å². The van der Waals surface area contributed by atoms with Crippen LogP contribution in [0.4, 0.5) is 0 Å². The normalized spacial score (nSPS) is 13.2. The van der Waals surface area contributed by atoms with Gasteiger partial charge in [0.25, 0.3) is 0 Å². The van der Waals surface area contributed by atoms with E-state index < -0.39 is 12.1 Å². The minimum absolute atomic E-state index is 0.0717. The third kappa shape index (κ3) is 34.2. The molecule has 4 nitrogen and oxygen atoms in total. The summed E-state index contributed by atoms with van der Waals surface area (Å²) in [5.41, 5.74) is 0. The number of allylic oxidation sites excluding steroid dienone is 3. The number of carbonyl (C=O) groups excluding carboxylic acids is 1. The van der Waals surface area contributed by atoms with Crippen LogP contribution in [0.15, 0.2) is 24.3 Å². The fraction of sp³-hybridized carbons (Fsp3) is 0.881. The quantitative estimate of drug-likeness (QED) is 0.0464. The molecule has 0 aromatic rings. The molecule has 0 aromatic carbocycles. The lowest BCUT2D eigenvalue weighted by molar-refractivity contribution is -0.123. The van der Waals surface area contributed by atoms with Gasteiger partial charge >= 0.3 is 0 Å². The van der Waals surface area contributed by atoms with Crippen LogP contribution in [0.3, 0.4) is 0 Å². The lowest BCUT2D eigenvalue weighted by Crippen LogP contribution is -2.45. The van der Waals surface area contributed by atoms with Crippen LogP contribution in [0.1, 0.15) is 219 Å². The van der Waals surface area contributed by atoms with Crippen LogP contribution in [0.5, 0.6) is 0 Å². The van der Waals surface area contributed by atoms with E-state index in [0.717, 1.165) is 32.1 Å². The lowest BCUT2D eigenvalue weighted by atomic mass is 10.0. The highest BCUT2D eigenvalue weighted by Crippen LogP contribution is 2.14. The summed E-state index contributed by atoms with van der Waals surface area (Å²) < 4.78 is 0. The number of amides is 1. The highest BCUT2D eigenvalue weighted by atomic mass is 16.3. The first-order valence-electron chi connectivity index (χ1n) is 20.6. The summed E-state index contributed by atoms with van der Waals surface area (Å²) >= 11 is 0. The highest BCUT2D eigenvalue weighted by molar-refractivity contribution is 5.76. The van der Waals surface area contributed by atoms with Gasteiger partial charge in [-0.05, 0) is 44.9 Å². The number of unbranched alkanes of at least 4 members (excludes halogenated alkanes) is 28. The number of aliphatic hydroxyl groups excluding tert-OH is 2. The van der Waals surface area contributed by atoms with Crippen LogP contribution in [0.25, 0.3) is 0 Å². The van der Waals surface area contributed by atoms with Crippen LogP contribution in [-0.2, 0) is 4.79 Å². The van der Waals surface area contributed by atoms with Gasteiger partial charge in [0.15, 0.2) is 0 Å². The molecule has 4 heteroatoms. The lowest BCUT2D eigenvalue weighted by Gasteiger charge is -2.20. The van der Waals surface area contributed by atoms with E-state index in [-0.39, 0.29) is 12.5 Å². The molecular weight excluding hydrogens is 566 g/mol. The molecule has 1 amide bonds. The second-order valence-corrected chi connectivity index (χ2v) is 14.1. The molecule has 0 aliphatic heterocycles. The van der Waals surface area contributed by atoms with Gasteiger partial charge in [0, 0.05) is 6.42 Å². The van der Waals surface area contributed by atoms with Gasteiger partial charge in [-0.2, -0.15) is 0 Å². The number of hydrogen-bond donors (Lipinski definition) is 3. The van der Waals surface area contributed by atoms with Crippen molar-refractivity contribution in [2.45, 2.75) is 231 Å². The number of nitrogens with one attached hydrogen (secondary N) is 1. The molecule has 46 heavy (non-hydrogen) atoms. The van der Waals surface area contributed by atoms with E-state index in [0.29, 0.717) is 6.42 Å². The molecule has 272 valence electrons. The van der Waals surface area contributed by atoms with Crippen LogP contribution < -0.4 is 5.32 Å². The van der Waals surface area contributed by atoms with E-state index in [1.54, 1.807) is 6.08 Å². The second-order valence-electron chi connectivity index (χ2n) is 14.1. The zero-order chi connectivity index (χ0) is 33.6. The first-order chi connectivity index (χ1) is 22.7. The monoisotopic (exact) mass is 648 g/mol. The minimum atomic E-state index is -0.838. The van der Waals surface area contributed by atoms with Gasteiger partial charge in [-0.3, -0.25) is 4.79 Å². The highest BCUT2D eigenvalue weighted by Gasteiger charge is 2.17. The maximum atomic E-state index is 12.3. The second kappa shape index (κ2) is 38.3. The van der Waals surface area contributed by atoms with Crippen LogP contribution in [0.2, 0.25) is 0 Å². The molecule has 0 heterocycles.